The topological polar surface area (TPSA) is 29.5 Å². The van der Waals surface area contributed by atoms with Crippen molar-refractivity contribution in [2.75, 3.05) is 7.05 Å². The highest BCUT2D eigenvalue weighted by molar-refractivity contribution is 6.30. The van der Waals surface area contributed by atoms with E-state index in [1.165, 1.54) is 12.1 Å². The summed E-state index contributed by atoms with van der Waals surface area (Å²) < 4.78 is 28.5. The Bertz CT molecular complexity index is 677. The SMILES string of the molecule is CN(Cc1cccc(Cl)c1)C(=O)CCc1ccc(OC(F)F)cc1. The van der Waals surface area contributed by atoms with Gasteiger partial charge in [-0.1, -0.05) is 35.9 Å². The van der Waals surface area contributed by atoms with E-state index in [9.17, 15) is 13.6 Å². The van der Waals surface area contributed by atoms with E-state index in [4.69, 9.17) is 11.6 Å². The summed E-state index contributed by atoms with van der Waals surface area (Å²) in [6, 6.07) is 13.7. The van der Waals surface area contributed by atoms with Gasteiger partial charge in [-0.3, -0.25) is 4.79 Å². The largest absolute Gasteiger partial charge is 0.435 e. The molecule has 0 N–H and O–H groups in total. The number of benzene rings is 2. The highest BCUT2D eigenvalue weighted by Crippen LogP contribution is 2.16. The lowest BCUT2D eigenvalue weighted by atomic mass is 10.1. The number of carbonyl (C=O) groups excluding carboxylic acids is 1. The fourth-order valence-electron chi connectivity index (χ4n) is 2.28. The van der Waals surface area contributed by atoms with E-state index in [1.54, 1.807) is 30.1 Å². The Balaban J connectivity index is 1.83. The number of ether oxygens (including phenoxy) is 1. The normalized spacial score (nSPS) is 10.7. The van der Waals surface area contributed by atoms with Crippen LogP contribution < -0.4 is 4.74 Å². The summed E-state index contributed by atoms with van der Waals surface area (Å²) in [6.07, 6.45) is 0.875. The Morgan fingerprint density at radius 3 is 2.50 bits per heavy atom. The summed E-state index contributed by atoms with van der Waals surface area (Å²) >= 11 is 5.93. The van der Waals surface area contributed by atoms with Crippen molar-refractivity contribution in [1.29, 1.82) is 0 Å². The third kappa shape index (κ3) is 5.81. The van der Waals surface area contributed by atoms with Crippen molar-refractivity contribution in [3.8, 4) is 5.75 Å². The number of hydrogen-bond donors (Lipinski definition) is 0. The quantitative estimate of drug-likeness (QED) is 0.731. The van der Waals surface area contributed by atoms with Gasteiger partial charge < -0.3 is 9.64 Å². The number of halogens is 3. The van der Waals surface area contributed by atoms with Crippen LogP contribution in [0.4, 0.5) is 8.78 Å². The second-order valence-electron chi connectivity index (χ2n) is 5.40. The first-order valence-electron chi connectivity index (χ1n) is 7.46. The molecule has 128 valence electrons. The van der Waals surface area contributed by atoms with Crippen molar-refractivity contribution in [2.45, 2.75) is 26.0 Å². The molecule has 0 spiro atoms. The molecule has 0 aliphatic carbocycles. The van der Waals surface area contributed by atoms with E-state index < -0.39 is 6.61 Å². The number of alkyl halides is 2. The van der Waals surface area contributed by atoms with Gasteiger partial charge in [0, 0.05) is 25.0 Å². The summed E-state index contributed by atoms with van der Waals surface area (Å²) in [5, 5.41) is 0.638. The maximum atomic E-state index is 12.2. The van der Waals surface area contributed by atoms with Gasteiger partial charge in [-0.05, 0) is 41.8 Å². The smallest absolute Gasteiger partial charge is 0.387 e. The van der Waals surface area contributed by atoms with Gasteiger partial charge in [0.2, 0.25) is 5.91 Å². The number of rotatable bonds is 7. The van der Waals surface area contributed by atoms with Crippen molar-refractivity contribution in [3.63, 3.8) is 0 Å². The number of carbonyl (C=O) groups is 1. The molecule has 6 heteroatoms. The number of nitrogens with zero attached hydrogens (tertiary/aromatic N) is 1. The van der Waals surface area contributed by atoms with Crippen LogP contribution in [0.15, 0.2) is 48.5 Å². The molecule has 3 nitrogen and oxygen atoms in total. The molecular weight excluding hydrogens is 336 g/mol. The minimum absolute atomic E-state index is 0.00267. The minimum atomic E-state index is -2.84. The van der Waals surface area contributed by atoms with E-state index in [1.807, 2.05) is 18.2 Å². The molecule has 2 aromatic rings. The third-order valence-electron chi connectivity index (χ3n) is 3.51. The van der Waals surface area contributed by atoms with Gasteiger partial charge in [0.25, 0.3) is 0 Å². The first-order chi connectivity index (χ1) is 11.4. The Kier molecular flexibility index (Phi) is 6.55. The molecule has 0 saturated heterocycles. The molecule has 0 atom stereocenters. The van der Waals surface area contributed by atoms with E-state index in [-0.39, 0.29) is 11.7 Å². The minimum Gasteiger partial charge on any atom is -0.435 e. The number of hydrogen-bond acceptors (Lipinski definition) is 2. The molecule has 2 aromatic carbocycles. The Morgan fingerprint density at radius 2 is 1.88 bits per heavy atom. The van der Waals surface area contributed by atoms with E-state index >= 15 is 0 Å². The van der Waals surface area contributed by atoms with Gasteiger partial charge in [0.05, 0.1) is 0 Å². The van der Waals surface area contributed by atoms with Crippen LogP contribution in [0.1, 0.15) is 17.5 Å². The van der Waals surface area contributed by atoms with Crippen LogP contribution in [0.3, 0.4) is 0 Å². The van der Waals surface area contributed by atoms with Crippen molar-refractivity contribution in [2.24, 2.45) is 0 Å². The van der Waals surface area contributed by atoms with Crippen LogP contribution in [-0.2, 0) is 17.8 Å². The zero-order valence-corrected chi connectivity index (χ0v) is 14.0. The summed E-state index contributed by atoms with van der Waals surface area (Å²) in [5.74, 6) is 0.112. The molecule has 0 saturated carbocycles. The highest BCUT2D eigenvalue weighted by atomic mass is 35.5. The van der Waals surface area contributed by atoms with Crippen molar-refractivity contribution >= 4 is 17.5 Å². The second kappa shape index (κ2) is 8.64. The van der Waals surface area contributed by atoms with Crippen molar-refractivity contribution in [3.05, 3.63) is 64.7 Å². The first kappa shape index (κ1) is 18.2. The third-order valence-corrected chi connectivity index (χ3v) is 3.75. The maximum absolute atomic E-state index is 12.2. The second-order valence-corrected chi connectivity index (χ2v) is 5.84. The predicted octanol–water partition coefficient (Wildman–Crippen LogP) is 4.53. The van der Waals surface area contributed by atoms with Gasteiger partial charge in [0.1, 0.15) is 5.75 Å². The van der Waals surface area contributed by atoms with E-state index in [0.717, 1.165) is 11.1 Å². The number of aryl methyl sites for hydroxylation is 1. The van der Waals surface area contributed by atoms with Crippen molar-refractivity contribution < 1.29 is 18.3 Å². The van der Waals surface area contributed by atoms with Gasteiger partial charge in [0.15, 0.2) is 0 Å². The van der Waals surface area contributed by atoms with Crippen LogP contribution in [0, 0.1) is 0 Å². The summed E-state index contributed by atoms with van der Waals surface area (Å²) in [5.41, 5.74) is 1.85. The van der Waals surface area contributed by atoms with Crippen LogP contribution in [-0.4, -0.2) is 24.5 Å². The zero-order valence-electron chi connectivity index (χ0n) is 13.2. The average molecular weight is 354 g/mol. The van der Waals surface area contributed by atoms with Crippen LogP contribution in [0.2, 0.25) is 5.02 Å². The highest BCUT2D eigenvalue weighted by Gasteiger charge is 2.10. The molecule has 0 aromatic heterocycles. The monoisotopic (exact) mass is 353 g/mol. The molecule has 0 aliphatic rings. The van der Waals surface area contributed by atoms with Gasteiger partial charge >= 0.3 is 6.61 Å². The molecule has 0 heterocycles. The molecule has 2 rings (SSSR count). The predicted molar refractivity (Wildman–Crippen MR) is 89.3 cm³/mol. The molecular formula is C18H18ClF2NO2. The van der Waals surface area contributed by atoms with Crippen LogP contribution in [0.5, 0.6) is 5.75 Å². The Morgan fingerprint density at radius 1 is 1.17 bits per heavy atom. The zero-order chi connectivity index (χ0) is 17.5. The van der Waals surface area contributed by atoms with Gasteiger partial charge in [-0.25, -0.2) is 0 Å². The fourth-order valence-corrected chi connectivity index (χ4v) is 2.49. The van der Waals surface area contributed by atoms with Crippen LogP contribution in [0.25, 0.3) is 0 Å². The lowest BCUT2D eigenvalue weighted by molar-refractivity contribution is -0.130. The van der Waals surface area contributed by atoms with Crippen LogP contribution >= 0.6 is 11.6 Å². The molecule has 0 bridgehead atoms. The maximum Gasteiger partial charge on any atom is 0.387 e. The first-order valence-corrected chi connectivity index (χ1v) is 7.84. The van der Waals surface area contributed by atoms with Gasteiger partial charge in [-0.15, -0.1) is 0 Å². The molecule has 24 heavy (non-hydrogen) atoms. The Labute approximate surface area is 144 Å². The summed E-state index contributed by atoms with van der Waals surface area (Å²) in [7, 11) is 1.74. The molecule has 0 aliphatic heterocycles. The lowest BCUT2D eigenvalue weighted by Crippen LogP contribution is -2.26. The van der Waals surface area contributed by atoms with E-state index in [2.05, 4.69) is 4.74 Å². The standard InChI is InChI=1S/C18H18ClF2NO2/c1-22(12-14-3-2-4-15(19)11-14)17(23)10-7-13-5-8-16(9-6-13)24-18(20)21/h2-6,8-9,11,18H,7,10,12H2,1H3. The fraction of sp³-hybridized carbons (Fsp3) is 0.278. The average Bonchev–Trinajstić information content (AvgIpc) is 2.53. The van der Waals surface area contributed by atoms with Crippen molar-refractivity contribution in [1.82, 2.24) is 4.90 Å². The van der Waals surface area contributed by atoms with E-state index in [0.29, 0.717) is 24.4 Å². The molecule has 1 amide bonds. The summed E-state index contributed by atoms with van der Waals surface area (Å²) in [4.78, 5) is 13.8. The summed E-state index contributed by atoms with van der Waals surface area (Å²) in [6.45, 7) is -2.35. The molecule has 0 radical (unpaired) electrons. The Hall–Kier alpha value is -2.14. The van der Waals surface area contributed by atoms with Gasteiger partial charge in [-0.2, -0.15) is 8.78 Å². The lowest BCUT2D eigenvalue weighted by Gasteiger charge is -2.17. The number of amides is 1. The molecule has 0 unspecified atom stereocenters. The molecule has 0 fully saturated rings.